The first-order valence-electron chi connectivity index (χ1n) is 6.59. The highest BCUT2D eigenvalue weighted by atomic mass is 127. The van der Waals surface area contributed by atoms with E-state index < -0.39 is 23.7 Å². The van der Waals surface area contributed by atoms with Crippen LogP contribution in [0.15, 0.2) is 30.3 Å². The van der Waals surface area contributed by atoms with Gasteiger partial charge in [-0.3, -0.25) is 0 Å². The zero-order chi connectivity index (χ0) is 16.0. The molecular formula is C15H20INO4. The van der Waals surface area contributed by atoms with Gasteiger partial charge < -0.3 is 15.2 Å². The largest absolute Gasteiger partial charge is 0.480 e. The molecule has 1 aromatic carbocycles. The zero-order valence-corrected chi connectivity index (χ0v) is 14.5. The summed E-state index contributed by atoms with van der Waals surface area (Å²) >= 11 is 2.04. The number of carbonyl (C=O) groups is 2. The van der Waals surface area contributed by atoms with E-state index in [4.69, 9.17) is 4.74 Å². The molecule has 0 radical (unpaired) electrons. The fraction of sp³-hybridized carbons (Fsp3) is 0.467. The molecule has 0 heterocycles. The molecule has 0 aliphatic heterocycles. The van der Waals surface area contributed by atoms with Gasteiger partial charge in [-0.1, -0.05) is 52.9 Å². The van der Waals surface area contributed by atoms with E-state index in [1.807, 2.05) is 52.9 Å². The number of nitrogens with one attached hydrogen (secondary N) is 1. The molecule has 0 saturated carbocycles. The van der Waals surface area contributed by atoms with E-state index in [9.17, 15) is 14.7 Å². The average molecular weight is 405 g/mol. The van der Waals surface area contributed by atoms with Gasteiger partial charge in [0.2, 0.25) is 0 Å². The van der Waals surface area contributed by atoms with Crippen molar-refractivity contribution >= 4 is 34.7 Å². The van der Waals surface area contributed by atoms with E-state index in [0.29, 0.717) is 6.42 Å². The number of aliphatic carboxylic acids is 1. The lowest BCUT2D eigenvalue weighted by atomic mass is 10.1. The van der Waals surface area contributed by atoms with Crippen molar-refractivity contribution in [1.29, 1.82) is 0 Å². The lowest BCUT2D eigenvalue weighted by Gasteiger charge is -2.24. The molecule has 0 bridgehead atoms. The van der Waals surface area contributed by atoms with Crippen LogP contribution in [0, 0.1) is 0 Å². The summed E-state index contributed by atoms with van der Waals surface area (Å²) in [5.41, 5.74) is 0.363. The molecule has 0 aromatic heterocycles. The van der Waals surface area contributed by atoms with E-state index in [0.717, 1.165) is 5.56 Å². The third-order valence-electron chi connectivity index (χ3n) is 2.57. The van der Waals surface area contributed by atoms with Crippen LogP contribution in [0.2, 0.25) is 0 Å². The Labute approximate surface area is 138 Å². The Balaban J connectivity index is 2.68. The number of carboxylic acid groups (broad SMARTS) is 1. The highest BCUT2D eigenvalue weighted by Gasteiger charge is 2.29. The first-order valence-corrected chi connectivity index (χ1v) is 7.84. The third-order valence-corrected chi connectivity index (χ3v) is 3.73. The third kappa shape index (κ3) is 6.79. The van der Waals surface area contributed by atoms with E-state index in [-0.39, 0.29) is 3.92 Å². The number of amides is 1. The molecule has 6 heteroatoms. The summed E-state index contributed by atoms with van der Waals surface area (Å²) in [4.78, 5) is 23.1. The summed E-state index contributed by atoms with van der Waals surface area (Å²) in [6, 6.07) is 8.56. The molecule has 1 amide bonds. The van der Waals surface area contributed by atoms with Crippen molar-refractivity contribution in [3.63, 3.8) is 0 Å². The van der Waals surface area contributed by atoms with Crippen molar-refractivity contribution < 1.29 is 19.4 Å². The van der Waals surface area contributed by atoms with E-state index in [2.05, 4.69) is 5.32 Å². The number of alkyl carbamates (subject to hydrolysis) is 1. The lowest BCUT2D eigenvalue weighted by Crippen LogP contribution is -2.48. The van der Waals surface area contributed by atoms with Crippen LogP contribution >= 0.6 is 22.6 Å². The van der Waals surface area contributed by atoms with Gasteiger partial charge in [0.05, 0.1) is 0 Å². The fourth-order valence-electron chi connectivity index (χ4n) is 1.70. The van der Waals surface area contributed by atoms with Gasteiger partial charge in [0.15, 0.2) is 0 Å². The number of alkyl halides is 1. The van der Waals surface area contributed by atoms with Gasteiger partial charge >= 0.3 is 12.1 Å². The molecule has 0 fully saturated rings. The number of hydrogen-bond donors (Lipinski definition) is 2. The first-order chi connectivity index (χ1) is 9.69. The summed E-state index contributed by atoms with van der Waals surface area (Å²) in [5, 5.41) is 11.7. The van der Waals surface area contributed by atoms with Crippen LogP contribution in [0.3, 0.4) is 0 Å². The van der Waals surface area contributed by atoms with Gasteiger partial charge in [-0.2, -0.15) is 0 Å². The van der Waals surface area contributed by atoms with Crippen LogP contribution in [0.1, 0.15) is 26.3 Å². The Morgan fingerprint density at radius 1 is 1.29 bits per heavy atom. The number of benzene rings is 1. The standard InChI is InChI=1S/C15H20INO4/c1-15(2,3)21-14(20)17-12(13(18)19)11(16)9-10-7-5-4-6-8-10/h4-8,11-12H,9H2,1-3H3,(H,17,20)(H,18,19)/t11?,12-/m1/s1. The molecular weight excluding hydrogens is 385 g/mol. The van der Waals surface area contributed by atoms with Crippen molar-refractivity contribution in [2.24, 2.45) is 0 Å². The SMILES string of the molecule is CC(C)(C)OC(=O)N[C@@H](C(=O)O)C(I)Cc1ccccc1. The number of carbonyl (C=O) groups excluding carboxylic acids is 1. The predicted molar refractivity (Wildman–Crippen MR) is 88.7 cm³/mol. The topological polar surface area (TPSA) is 75.6 Å². The maximum atomic E-state index is 11.7. The minimum absolute atomic E-state index is 0.282. The molecule has 0 saturated heterocycles. The normalized spacial score (nSPS) is 14.1. The first kappa shape index (κ1) is 17.7. The number of carboxylic acids is 1. The number of rotatable bonds is 5. The highest BCUT2D eigenvalue weighted by molar-refractivity contribution is 14.1. The van der Waals surface area contributed by atoms with Crippen molar-refractivity contribution in [3.05, 3.63) is 35.9 Å². The summed E-state index contributed by atoms with van der Waals surface area (Å²) in [6.07, 6.45) is -0.168. The molecule has 0 aliphatic rings. The number of halogens is 1. The fourth-order valence-corrected chi connectivity index (χ4v) is 2.69. The van der Waals surface area contributed by atoms with Gasteiger partial charge in [-0.15, -0.1) is 0 Å². The van der Waals surface area contributed by atoms with Gasteiger partial charge in [0, 0.05) is 3.92 Å². The molecule has 1 aromatic rings. The minimum atomic E-state index is -1.07. The molecule has 2 atom stereocenters. The smallest absolute Gasteiger partial charge is 0.408 e. The highest BCUT2D eigenvalue weighted by Crippen LogP contribution is 2.16. The second-order valence-corrected chi connectivity index (χ2v) is 7.27. The lowest BCUT2D eigenvalue weighted by molar-refractivity contribution is -0.139. The second-order valence-electron chi connectivity index (χ2n) is 5.67. The second kappa shape index (κ2) is 7.63. The summed E-state index contributed by atoms with van der Waals surface area (Å²) in [5.74, 6) is -1.07. The Bertz CT molecular complexity index is 484. The summed E-state index contributed by atoms with van der Waals surface area (Å²) in [6.45, 7) is 5.19. The summed E-state index contributed by atoms with van der Waals surface area (Å²) in [7, 11) is 0. The maximum absolute atomic E-state index is 11.7. The summed E-state index contributed by atoms with van der Waals surface area (Å²) < 4.78 is 4.82. The number of hydrogen-bond acceptors (Lipinski definition) is 3. The van der Waals surface area contributed by atoms with Crippen LogP contribution in [-0.2, 0) is 16.0 Å². The van der Waals surface area contributed by atoms with Gasteiger partial charge in [0.25, 0.3) is 0 Å². The quantitative estimate of drug-likeness (QED) is 0.584. The molecule has 1 unspecified atom stereocenters. The van der Waals surface area contributed by atoms with Crippen LogP contribution < -0.4 is 5.32 Å². The molecule has 2 N–H and O–H groups in total. The van der Waals surface area contributed by atoms with Crippen molar-refractivity contribution in [3.8, 4) is 0 Å². The minimum Gasteiger partial charge on any atom is -0.480 e. The van der Waals surface area contributed by atoms with Crippen molar-refractivity contribution in [2.75, 3.05) is 0 Å². The maximum Gasteiger partial charge on any atom is 0.408 e. The van der Waals surface area contributed by atoms with Crippen molar-refractivity contribution in [1.82, 2.24) is 5.32 Å². The van der Waals surface area contributed by atoms with Crippen LogP contribution in [0.25, 0.3) is 0 Å². The van der Waals surface area contributed by atoms with E-state index in [1.54, 1.807) is 20.8 Å². The van der Waals surface area contributed by atoms with Gasteiger partial charge in [-0.25, -0.2) is 9.59 Å². The van der Waals surface area contributed by atoms with Gasteiger partial charge in [0.1, 0.15) is 11.6 Å². The molecule has 1 rings (SSSR count). The average Bonchev–Trinajstić information content (AvgIpc) is 2.34. The van der Waals surface area contributed by atoms with Crippen LogP contribution in [-0.4, -0.2) is 32.7 Å². The monoisotopic (exact) mass is 405 g/mol. The van der Waals surface area contributed by atoms with Gasteiger partial charge in [-0.05, 0) is 32.8 Å². The zero-order valence-electron chi connectivity index (χ0n) is 12.3. The van der Waals surface area contributed by atoms with Crippen molar-refractivity contribution in [2.45, 2.75) is 42.8 Å². The van der Waals surface area contributed by atoms with Crippen LogP contribution in [0.4, 0.5) is 4.79 Å². The van der Waals surface area contributed by atoms with E-state index >= 15 is 0 Å². The number of ether oxygens (including phenoxy) is 1. The molecule has 0 aliphatic carbocycles. The molecule has 5 nitrogen and oxygen atoms in total. The molecule has 116 valence electrons. The molecule has 21 heavy (non-hydrogen) atoms. The molecule has 0 spiro atoms. The Morgan fingerprint density at radius 3 is 2.33 bits per heavy atom. The predicted octanol–water partition coefficient (Wildman–Crippen LogP) is 3.01. The van der Waals surface area contributed by atoms with Crippen LogP contribution in [0.5, 0.6) is 0 Å². The Kier molecular flexibility index (Phi) is 6.44. The van der Waals surface area contributed by atoms with E-state index in [1.165, 1.54) is 0 Å². The Morgan fingerprint density at radius 2 is 1.86 bits per heavy atom. The Hall–Kier alpha value is -1.31.